The maximum Gasteiger partial charge on any atom is 1.00 e. The molecule has 1 atom stereocenters. The molecule has 2 nitrogen and oxygen atoms in total. The summed E-state index contributed by atoms with van der Waals surface area (Å²) in [5, 5.41) is 12.6. The second-order valence-corrected chi connectivity index (χ2v) is 9.50. The Labute approximate surface area is 117 Å². The predicted molar refractivity (Wildman–Crippen MR) is 68.1 cm³/mol. The summed E-state index contributed by atoms with van der Waals surface area (Å²) in [4.78, 5) is 0. The van der Waals surface area contributed by atoms with E-state index < -0.39 is 8.07 Å². The fraction of sp³-hybridized carbons (Fsp3) is 0.385. The number of rotatable bonds is 4. The van der Waals surface area contributed by atoms with Gasteiger partial charge >= 0.3 is 18.9 Å². The minimum Gasteiger partial charge on any atom is -0.617 e. The van der Waals surface area contributed by atoms with E-state index in [-0.39, 0.29) is 30.3 Å². The van der Waals surface area contributed by atoms with Gasteiger partial charge in [0.25, 0.3) is 0 Å². The molecule has 0 fully saturated rings. The van der Waals surface area contributed by atoms with Crippen molar-refractivity contribution in [2.75, 3.05) is 7.11 Å². The number of allylic oxidation sites excluding steroid dienone is 1. The monoisotopic (exact) mass is 242 g/mol. The topological polar surface area (TPSA) is 32.3 Å². The van der Waals surface area contributed by atoms with Crippen molar-refractivity contribution in [1.82, 2.24) is 0 Å². The van der Waals surface area contributed by atoms with E-state index in [1.165, 1.54) is 12.3 Å². The average Bonchev–Trinajstić information content (AvgIpc) is 2.29. The Morgan fingerprint density at radius 1 is 1.29 bits per heavy atom. The second-order valence-electron chi connectivity index (χ2n) is 4.57. The van der Waals surface area contributed by atoms with E-state index in [0.29, 0.717) is 0 Å². The summed E-state index contributed by atoms with van der Waals surface area (Å²) >= 11 is 0. The first-order valence-corrected chi connectivity index (χ1v) is 8.54. The van der Waals surface area contributed by atoms with Gasteiger partial charge in [-0.2, -0.15) is 0 Å². The van der Waals surface area contributed by atoms with Gasteiger partial charge in [0, 0.05) is 5.95 Å². The molecule has 0 aliphatic heterocycles. The number of benzene rings is 1. The van der Waals surface area contributed by atoms with Crippen LogP contribution in [-0.4, -0.2) is 15.2 Å². The summed E-state index contributed by atoms with van der Waals surface area (Å²) in [6, 6.07) is 10.4. The number of methoxy groups -OCH3 is 1. The molecule has 4 heteroatoms. The van der Waals surface area contributed by atoms with Gasteiger partial charge < -0.3 is 9.84 Å². The Kier molecular flexibility index (Phi) is 6.70. The van der Waals surface area contributed by atoms with Gasteiger partial charge in [0.05, 0.1) is 8.07 Å². The van der Waals surface area contributed by atoms with Crippen molar-refractivity contribution in [2.24, 2.45) is 0 Å². The molecule has 0 aromatic heterocycles. The van der Waals surface area contributed by atoms with Gasteiger partial charge in [0.2, 0.25) is 0 Å². The van der Waals surface area contributed by atoms with E-state index in [9.17, 15) is 5.11 Å². The van der Waals surface area contributed by atoms with Gasteiger partial charge in [0.1, 0.15) is 0 Å². The molecule has 0 radical (unpaired) electrons. The summed E-state index contributed by atoms with van der Waals surface area (Å²) < 4.78 is 4.68. The van der Waals surface area contributed by atoms with Crippen molar-refractivity contribution < 1.29 is 28.7 Å². The molecule has 1 aromatic rings. The van der Waals surface area contributed by atoms with Crippen LogP contribution in [0.5, 0.6) is 0 Å². The fourth-order valence-electron chi connectivity index (χ4n) is 1.61. The van der Waals surface area contributed by atoms with Crippen molar-refractivity contribution in [3.8, 4) is 0 Å². The minimum atomic E-state index is -1.62. The molecule has 0 heterocycles. The molecule has 0 bridgehead atoms. The summed E-state index contributed by atoms with van der Waals surface area (Å²) in [5.41, 5.74) is 0.266. The van der Waals surface area contributed by atoms with E-state index >= 15 is 0 Å². The van der Waals surface area contributed by atoms with Crippen molar-refractivity contribution >= 4 is 13.3 Å². The Morgan fingerprint density at radius 2 is 1.82 bits per heavy atom. The minimum absolute atomic E-state index is 0. The molecule has 17 heavy (non-hydrogen) atoms. The zero-order chi connectivity index (χ0) is 12.2. The van der Waals surface area contributed by atoms with Crippen LogP contribution >= 0.6 is 0 Å². The Balaban J connectivity index is 0.00000256. The molecule has 0 amide bonds. The Bertz CT molecular complexity index is 363. The summed E-state index contributed by atoms with van der Waals surface area (Å²) in [6.45, 7) is 6.63. The van der Waals surface area contributed by atoms with Gasteiger partial charge in [-0.1, -0.05) is 61.6 Å². The molecular weight excluding hydrogens is 223 g/mol. The summed E-state index contributed by atoms with van der Waals surface area (Å²) in [7, 11) is -0.199. The van der Waals surface area contributed by atoms with Crippen LogP contribution in [-0.2, 0) is 4.74 Å². The van der Waals surface area contributed by atoms with Crippen molar-refractivity contribution in [2.45, 2.75) is 25.6 Å². The average molecular weight is 242 g/mol. The molecule has 1 unspecified atom stereocenters. The zero-order valence-electron chi connectivity index (χ0n) is 11.4. The molecule has 0 aliphatic carbocycles. The molecule has 1 rings (SSSR count). The van der Waals surface area contributed by atoms with Crippen LogP contribution in [0.3, 0.4) is 0 Å². The first-order chi connectivity index (χ1) is 7.48. The van der Waals surface area contributed by atoms with Crippen LogP contribution in [0.25, 0.3) is 0 Å². The van der Waals surface area contributed by atoms with Crippen LogP contribution in [0.2, 0.25) is 18.6 Å². The Morgan fingerprint density at radius 3 is 2.29 bits per heavy atom. The molecule has 0 aliphatic rings. The third-order valence-electron chi connectivity index (χ3n) is 3.24. The smallest absolute Gasteiger partial charge is 0.617 e. The third kappa shape index (κ3) is 4.27. The molecule has 0 saturated carbocycles. The standard InChI is InChI=1S/C13H20O2Si.Li/c1-11(10-13(14)15-2)16(3,4)12-8-6-5-7-9-12;/h5-11,14H,1-4H3;/q;+1/p-1/b13-10-;. The SMILES string of the molecule is CO/C([O-])=C\C(C)[Si](C)(C)c1ccccc1.[Li+]. The quantitative estimate of drug-likeness (QED) is 0.493. The third-order valence-corrected chi connectivity index (χ3v) is 7.51. The number of ether oxygens (including phenoxy) is 1. The second kappa shape index (κ2) is 6.95. The van der Waals surface area contributed by atoms with Gasteiger partial charge in [0.15, 0.2) is 0 Å². The first-order valence-electron chi connectivity index (χ1n) is 5.47. The first kappa shape index (κ1) is 16.4. The molecule has 0 saturated heterocycles. The van der Waals surface area contributed by atoms with Gasteiger partial charge in [-0.25, -0.2) is 0 Å². The van der Waals surface area contributed by atoms with E-state index in [2.05, 4.69) is 49.0 Å². The maximum atomic E-state index is 11.2. The molecule has 1 aromatic carbocycles. The van der Waals surface area contributed by atoms with Crippen molar-refractivity contribution in [3.63, 3.8) is 0 Å². The summed E-state index contributed by atoms with van der Waals surface area (Å²) in [6.07, 6.45) is 1.69. The summed E-state index contributed by atoms with van der Waals surface area (Å²) in [5.74, 6) is -0.232. The van der Waals surface area contributed by atoms with Crippen molar-refractivity contribution in [3.05, 3.63) is 42.4 Å². The normalized spacial score (nSPS) is 13.8. The van der Waals surface area contributed by atoms with Gasteiger partial charge in [-0.05, 0) is 12.7 Å². The maximum absolute atomic E-state index is 11.2. The predicted octanol–water partition coefficient (Wildman–Crippen LogP) is -1.16. The molecule has 0 N–H and O–H groups in total. The largest absolute Gasteiger partial charge is 1.00 e. The fourth-order valence-corrected chi connectivity index (χ4v) is 3.74. The number of hydrogen-bond donors (Lipinski definition) is 0. The zero-order valence-corrected chi connectivity index (χ0v) is 12.4. The van der Waals surface area contributed by atoms with Crippen LogP contribution in [0.1, 0.15) is 6.92 Å². The van der Waals surface area contributed by atoms with Crippen LogP contribution in [0.15, 0.2) is 42.4 Å². The van der Waals surface area contributed by atoms with Crippen LogP contribution < -0.4 is 29.2 Å². The van der Waals surface area contributed by atoms with Gasteiger partial charge in [-0.15, -0.1) is 0 Å². The van der Waals surface area contributed by atoms with Crippen molar-refractivity contribution in [1.29, 1.82) is 0 Å². The van der Waals surface area contributed by atoms with Gasteiger partial charge in [-0.3, -0.25) is 0 Å². The van der Waals surface area contributed by atoms with Crippen LogP contribution in [0, 0.1) is 0 Å². The number of hydrogen-bond acceptors (Lipinski definition) is 2. The molecule has 88 valence electrons. The molecule has 0 spiro atoms. The van der Waals surface area contributed by atoms with E-state index in [4.69, 9.17) is 0 Å². The Hall–Kier alpha value is -0.626. The van der Waals surface area contributed by atoms with E-state index in [1.807, 2.05) is 6.07 Å². The molecular formula is C13H19LiO2Si. The van der Waals surface area contributed by atoms with Crippen LogP contribution in [0.4, 0.5) is 0 Å². The van der Waals surface area contributed by atoms with E-state index in [0.717, 1.165) is 0 Å². The van der Waals surface area contributed by atoms with E-state index in [1.54, 1.807) is 6.08 Å².